The molecule has 144 valence electrons. The van der Waals surface area contributed by atoms with E-state index < -0.39 is 24.4 Å². The predicted molar refractivity (Wildman–Crippen MR) is 102 cm³/mol. The fourth-order valence-corrected chi connectivity index (χ4v) is 2.95. The highest BCUT2D eigenvalue weighted by molar-refractivity contribution is 6.36. The van der Waals surface area contributed by atoms with E-state index in [2.05, 4.69) is 5.32 Å². The van der Waals surface area contributed by atoms with Crippen LogP contribution in [0, 0.1) is 5.82 Å². The summed E-state index contributed by atoms with van der Waals surface area (Å²) < 4.78 is 19.0. The highest BCUT2D eigenvalue weighted by Crippen LogP contribution is 2.26. The molecule has 2 rings (SSSR count). The van der Waals surface area contributed by atoms with E-state index in [1.807, 2.05) is 0 Å². The Labute approximate surface area is 167 Å². The van der Waals surface area contributed by atoms with Crippen molar-refractivity contribution >= 4 is 35.0 Å². The van der Waals surface area contributed by atoms with E-state index in [-0.39, 0.29) is 18.2 Å². The SMILES string of the molecule is CNC(=O)[C@H](C)N(Cc1c(Cl)cccc1Cl)C(=O)COc1ccccc1F. The summed E-state index contributed by atoms with van der Waals surface area (Å²) in [7, 11) is 1.47. The van der Waals surface area contributed by atoms with E-state index in [9.17, 15) is 14.0 Å². The van der Waals surface area contributed by atoms with Crippen molar-refractivity contribution in [3.8, 4) is 5.75 Å². The summed E-state index contributed by atoms with van der Waals surface area (Å²) in [5, 5.41) is 3.25. The fraction of sp³-hybridized carbons (Fsp3) is 0.263. The Balaban J connectivity index is 2.22. The third kappa shape index (κ3) is 5.34. The number of nitrogens with one attached hydrogen (secondary N) is 1. The van der Waals surface area contributed by atoms with Gasteiger partial charge in [-0.25, -0.2) is 4.39 Å². The molecule has 0 fully saturated rings. The highest BCUT2D eigenvalue weighted by atomic mass is 35.5. The first-order valence-corrected chi connectivity index (χ1v) is 8.92. The largest absolute Gasteiger partial charge is 0.481 e. The Morgan fingerprint density at radius 2 is 1.78 bits per heavy atom. The molecule has 0 spiro atoms. The first kappa shape index (κ1) is 21.0. The van der Waals surface area contributed by atoms with Crippen LogP contribution in [0.5, 0.6) is 5.75 Å². The molecule has 0 saturated heterocycles. The zero-order valence-electron chi connectivity index (χ0n) is 14.8. The third-order valence-electron chi connectivity index (χ3n) is 3.99. The lowest BCUT2D eigenvalue weighted by molar-refractivity contribution is -0.142. The molecule has 1 N–H and O–H groups in total. The zero-order chi connectivity index (χ0) is 20.0. The molecule has 0 unspecified atom stereocenters. The van der Waals surface area contributed by atoms with Gasteiger partial charge in [-0.1, -0.05) is 41.4 Å². The number of nitrogens with zero attached hydrogens (tertiary/aromatic N) is 1. The number of ether oxygens (including phenoxy) is 1. The Hall–Kier alpha value is -2.31. The van der Waals surface area contributed by atoms with Crippen LogP contribution in [0.3, 0.4) is 0 Å². The number of likely N-dealkylation sites (N-methyl/N-ethyl adjacent to an activating group) is 1. The number of para-hydroxylation sites is 1. The molecule has 5 nitrogen and oxygen atoms in total. The predicted octanol–water partition coefficient (Wildman–Crippen LogP) is 3.67. The maximum Gasteiger partial charge on any atom is 0.261 e. The van der Waals surface area contributed by atoms with E-state index in [4.69, 9.17) is 27.9 Å². The van der Waals surface area contributed by atoms with Crippen molar-refractivity contribution in [2.45, 2.75) is 19.5 Å². The van der Waals surface area contributed by atoms with E-state index in [1.165, 1.54) is 30.1 Å². The standard InChI is InChI=1S/C19H19Cl2FN2O3/c1-12(19(26)23-2)24(10-13-14(20)6-5-7-15(13)21)18(25)11-27-17-9-4-3-8-16(17)22/h3-9,12H,10-11H2,1-2H3,(H,23,26)/t12-/m0/s1. The summed E-state index contributed by atoms with van der Waals surface area (Å²) in [4.78, 5) is 26.1. The molecule has 0 aliphatic rings. The van der Waals surface area contributed by atoms with Gasteiger partial charge in [0.15, 0.2) is 18.2 Å². The minimum Gasteiger partial charge on any atom is -0.481 e. The average molecular weight is 413 g/mol. The molecule has 2 aromatic carbocycles. The first-order chi connectivity index (χ1) is 12.8. The lowest BCUT2D eigenvalue weighted by Crippen LogP contribution is -2.48. The Kier molecular flexibility index (Phi) is 7.45. The van der Waals surface area contributed by atoms with Gasteiger partial charge in [0.25, 0.3) is 5.91 Å². The van der Waals surface area contributed by atoms with Gasteiger partial charge in [-0.2, -0.15) is 0 Å². The van der Waals surface area contributed by atoms with Crippen molar-refractivity contribution in [1.82, 2.24) is 10.2 Å². The van der Waals surface area contributed by atoms with Crippen LogP contribution in [-0.2, 0) is 16.1 Å². The van der Waals surface area contributed by atoms with E-state index in [1.54, 1.807) is 31.2 Å². The van der Waals surface area contributed by atoms with Gasteiger partial charge in [0, 0.05) is 29.2 Å². The smallest absolute Gasteiger partial charge is 0.261 e. The molecule has 8 heteroatoms. The fourth-order valence-electron chi connectivity index (χ4n) is 2.43. The third-order valence-corrected chi connectivity index (χ3v) is 4.70. The molecule has 0 bridgehead atoms. The minimum atomic E-state index is -0.806. The van der Waals surface area contributed by atoms with Gasteiger partial charge in [-0.15, -0.1) is 0 Å². The second kappa shape index (κ2) is 9.58. The molecule has 0 radical (unpaired) electrons. The maximum absolute atomic E-state index is 13.7. The summed E-state index contributed by atoms with van der Waals surface area (Å²) in [5.41, 5.74) is 0.510. The van der Waals surface area contributed by atoms with E-state index in [0.717, 1.165) is 0 Å². The van der Waals surface area contributed by atoms with E-state index in [0.29, 0.717) is 15.6 Å². The molecule has 0 aromatic heterocycles. The number of carbonyl (C=O) groups excluding carboxylic acids is 2. The monoisotopic (exact) mass is 412 g/mol. The summed E-state index contributed by atoms with van der Waals surface area (Å²) in [6.07, 6.45) is 0. The number of benzene rings is 2. The van der Waals surface area contributed by atoms with Crippen LogP contribution in [0.1, 0.15) is 12.5 Å². The van der Waals surface area contributed by atoms with Crippen LogP contribution in [0.2, 0.25) is 10.0 Å². The highest BCUT2D eigenvalue weighted by Gasteiger charge is 2.27. The van der Waals surface area contributed by atoms with Gasteiger partial charge in [-0.05, 0) is 31.2 Å². The number of halogens is 3. The van der Waals surface area contributed by atoms with Crippen LogP contribution in [-0.4, -0.2) is 36.4 Å². The molecule has 1 atom stereocenters. The van der Waals surface area contributed by atoms with Crippen molar-refractivity contribution < 1.29 is 18.7 Å². The zero-order valence-corrected chi connectivity index (χ0v) is 16.4. The molecule has 0 saturated carbocycles. The number of carbonyl (C=O) groups is 2. The minimum absolute atomic E-state index is 0.00651. The second-order valence-electron chi connectivity index (χ2n) is 5.73. The Bertz CT molecular complexity index is 812. The molecule has 0 aliphatic carbocycles. The normalized spacial score (nSPS) is 11.6. The van der Waals surface area contributed by atoms with Gasteiger partial charge < -0.3 is 15.0 Å². The maximum atomic E-state index is 13.7. The van der Waals surface area contributed by atoms with Gasteiger partial charge in [0.05, 0.1) is 0 Å². The van der Waals surface area contributed by atoms with Crippen molar-refractivity contribution in [3.05, 3.63) is 63.9 Å². The van der Waals surface area contributed by atoms with Crippen LogP contribution in [0.15, 0.2) is 42.5 Å². The van der Waals surface area contributed by atoms with Crippen LogP contribution in [0.4, 0.5) is 4.39 Å². The van der Waals surface area contributed by atoms with Crippen LogP contribution in [0.25, 0.3) is 0 Å². The van der Waals surface area contributed by atoms with Crippen molar-refractivity contribution in [2.24, 2.45) is 0 Å². The van der Waals surface area contributed by atoms with Gasteiger partial charge >= 0.3 is 0 Å². The Morgan fingerprint density at radius 3 is 2.37 bits per heavy atom. The molecule has 0 heterocycles. The number of amides is 2. The van der Waals surface area contributed by atoms with Gasteiger partial charge in [-0.3, -0.25) is 9.59 Å². The quantitative estimate of drug-likeness (QED) is 0.754. The Morgan fingerprint density at radius 1 is 1.15 bits per heavy atom. The van der Waals surface area contributed by atoms with Crippen LogP contribution >= 0.6 is 23.2 Å². The first-order valence-electron chi connectivity index (χ1n) is 8.16. The number of hydrogen-bond acceptors (Lipinski definition) is 3. The molecule has 2 amide bonds. The molecule has 2 aromatic rings. The molecule has 27 heavy (non-hydrogen) atoms. The summed E-state index contributed by atoms with van der Waals surface area (Å²) in [5.74, 6) is -1.50. The number of rotatable bonds is 7. The molecular weight excluding hydrogens is 394 g/mol. The summed E-state index contributed by atoms with van der Waals surface area (Å²) >= 11 is 12.4. The van der Waals surface area contributed by atoms with E-state index >= 15 is 0 Å². The second-order valence-corrected chi connectivity index (χ2v) is 6.55. The lowest BCUT2D eigenvalue weighted by atomic mass is 10.1. The molecular formula is C19H19Cl2FN2O3. The number of hydrogen-bond donors (Lipinski definition) is 1. The lowest BCUT2D eigenvalue weighted by Gasteiger charge is -2.29. The van der Waals surface area contributed by atoms with Crippen molar-refractivity contribution in [1.29, 1.82) is 0 Å². The van der Waals surface area contributed by atoms with Gasteiger partial charge in [0.1, 0.15) is 6.04 Å². The summed E-state index contributed by atoms with van der Waals surface area (Å²) in [6, 6.07) is 9.93. The van der Waals surface area contributed by atoms with Crippen molar-refractivity contribution in [3.63, 3.8) is 0 Å². The van der Waals surface area contributed by atoms with Crippen LogP contribution < -0.4 is 10.1 Å². The molecule has 0 aliphatic heterocycles. The van der Waals surface area contributed by atoms with Gasteiger partial charge in [0.2, 0.25) is 5.91 Å². The topological polar surface area (TPSA) is 58.6 Å². The van der Waals surface area contributed by atoms with Crippen molar-refractivity contribution in [2.75, 3.05) is 13.7 Å². The summed E-state index contributed by atoms with van der Waals surface area (Å²) in [6.45, 7) is 1.14. The average Bonchev–Trinajstić information content (AvgIpc) is 2.65.